The van der Waals surface area contributed by atoms with Crippen molar-refractivity contribution < 1.29 is 39.6 Å². The summed E-state index contributed by atoms with van der Waals surface area (Å²) in [5.74, 6) is -4.91. The molecule has 5 rings (SSSR count). The van der Waals surface area contributed by atoms with Gasteiger partial charge in [-0.05, 0) is 102 Å². The Balaban J connectivity index is 1.81. The summed E-state index contributed by atoms with van der Waals surface area (Å²) in [6.45, 7) is 23.7. The lowest BCUT2D eigenvalue weighted by atomic mass is 9.75. The van der Waals surface area contributed by atoms with Crippen LogP contribution in [0.15, 0.2) is 97.1 Å². The predicted molar refractivity (Wildman–Crippen MR) is 237 cm³/mol. The SMILES string of the molecule is CC(C)(C)c1cc(C(c2ccc(C(c3ccc(C(=O)O)c(C(C)(C)C)c3)c3ccc(C(=O)O)c(C(C)(C)C)c3)cc2)c2ccc(C(=O)O)c(C(C)(C)C)c2)ccc1C(=O)O. The van der Waals surface area contributed by atoms with E-state index in [1.807, 2.05) is 156 Å². The first kappa shape index (κ1) is 45.1. The van der Waals surface area contributed by atoms with Gasteiger partial charge < -0.3 is 20.4 Å². The number of carbonyl (C=O) groups is 4. The van der Waals surface area contributed by atoms with E-state index in [0.29, 0.717) is 22.3 Å². The van der Waals surface area contributed by atoms with Crippen molar-refractivity contribution in [3.63, 3.8) is 0 Å². The summed E-state index contributed by atoms with van der Waals surface area (Å²) in [7, 11) is 0. The fourth-order valence-electron chi connectivity index (χ4n) is 8.23. The number of benzene rings is 5. The van der Waals surface area contributed by atoms with Gasteiger partial charge in [-0.1, -0.05) is 156 Å². The van der Waals surface area contributed by atoms with Gasteiger partial charge in [0.25, 0.3) is 0 Å². The molecule has 8 heteroatoms. The molecule has 0 spiro atoms. The average Bonchev–Trinajstić information content (AvgIpc) is 3.13. The smallest absolute Gasteiger partial charge is 0.335 e. The number of hydrogen-bond acceptors (Lipinski definition) is 4. The molecule has 0 aliphatic heterocycles. The van der Waals surface area contributed by atoms with Crippen molar-refractivity contribution in [3.05, 3.63) is 175 Å². The summed E-state index contributed by atoms with van der Waals surface area (Å²) in [6, 6.07) is 29.8. The van der Waals surface area contributed by atoms with Crippen molar-refractivity contribution >= 4 is 23.9 Å². The van der Waals surface area contributed by atoms with E-state index in [0.717, 1.165) is 33.4 Å². The molecule has 0 radical (unpaired) electrons. The first-order valence-electron chi connectivity index (χ1n) is 20.2. The fraction of sp³-hybridized carbons (Fsp3) is 0.346. The molecular weight excluding hydrogens is 753 g/mol. The Morgan fingerprint density at radius 1 is 0.317 bits per heavy atom. The van der Waals surface area contributed by atoms with Gasteiger partial charge in [-0.15, -0.1) is 0 Å². The van der Waals surface area contributed by atoms with Crippen LogP contribution in [0, 0.1) is 0 Å². The molecule has 0 atom stereocenters. The van der Waals surface area contributed by atoms with Crippen LogP contribution in [0.4, 0.5) is 0 Å². The first-order valence-corrected chi connectivity index (χ1v) is 20.2. The van der Waals surface area contributed by atoms with Crippen molar-refractivity contribution in [2.45, 2.75) is 117 Å². The minimum absolute atomic E-state index is 0.215. The van der Waals surface area contributed by atoms with Gasteiger partial charge >= 0.3 is 23.9 Å². The molecule has 0 aliphatic rings. The molecule has 0 fully saturated rings. The number of aromatic carboxylic acids is 4. The molecule has 0 aromatic heterocycles. The lowest BCUT2D eigenvalue weighted by Crippen LogP contribution is -2.20. The molecule has 0 saturated heterocycles. The van der Waals surface area contributed by atoms with E-state index in [1.165, 1.54) is 0 Å². The summed E-state index contributed by atoms with van der Waals surface area (Å²) < 4.78 is 0. The summed E-state index contributed by atoms with van der Waals surface area (Å²) in [5, 5.41) is 40.7. The summed E-state index contributed by atoms with van der Waals surface area (Å²) in [6.07, 6.45) is 0. The van der Waals surface area contributed by atoms with Crippen molar-refractivity contribution in [2.24, 2.45) is 0 Å². The van der Waals surface area contributed by atoms with Crippen LogP contribution in [0.5, 0.6) is 0 Å². The highest BCUT2D eigenvalue weighted by molar-refractivity contribution is 5.92. The van der Waals surface area contributed by atoms with E-state index in [-0.39, 0.29) is 22.3 Å². The summed E-state index contributed by atoms with van der Waals surface area (Å²) in [5.41, 5.74) is 6.69. The van der Waals surface area contributed by atoms with Crippen LogP contribution < -0.4 is 0 Å². The molecule has 0 heterocycles. The molecule has 0 aliphatic carbocycles. The van der Waals surface area contributed by atoms with Crippen LogP contribution in [-0.4, -0.2) is 44.3 Å². The lowest BCUT2D eigenvalue weighted by molar-refractivity contribution is 0.0683. The van der Waals surface area contributed by atoms with E-state index in [4.69, 9.17) is 0 Å². The topological polar surface area (TPSA) is 149 Å². The predicted octanol–water partition coefficient (Wildman–Crippen LogP) is 12.0. The van der Waals surface area contributed by atoms with Crippen molar-refractivity contribution in [1.82, 2.24) is 0 Å². The zero-order valence-electron chi connectivity index (χ0n) is 36.8. The lowest BCUT2D eigenvalue weighted by Gasteiger charge is -2.29. The third-order valence-electron chi connectivity index (χ3n) is 11.3. The second-order valence-electron chi connectivity index (χ2n) is 20.0. The van der Waals surface area contributed by atoms with Gasteiger partial charge in [-0.3, -0.25) is 0 Å². The minimum Gasteiger partial charge on any atom is -0.478 e. The van der Waals surface area contributed by atoms with E-state index < -0.39 is 57.4 Å². The number of rotatable bonds is 10. The zero-order valence-corrected chi connectivity index (χ0v) is 36.8. The van der Waals surface area contributed by atoms with Crippen LogP contribution in [0.1, 0.15) is 192 Å². The van der Waals surface area contributed by atoms with E-state index in [9.17, 15) is 39.6 Å². The van der Waals surface area contributed by atoms with E-state index >= 15 is 0 Å². The van der Waals surface area contributed by atoms with Crippen LogP contribution in [-0.2, 0) is 21.7 Å². The molecule has 0 unspecified atom stereocenters. The van der Waals surface area contributed by atoms with Gasteiger partial charge in [0.15, 0.2) is 0 Å². The average molecular weight is 811 g/mol. The molecule has 314 valence electrons. The van der Waals surface area contributed by atoms with Crippen molar-refractivity contribution in [3.8, 4) is 0 Å². The third-order valence-corrected chi connectivity index (χ3v) is 11.3. The molecule has 8 nitrogen and oxygen atoms in total. The Kier molecular flexibility index (Phi) is 12.2. The number of hydrogen-bond donors (Lipinski definition) is 4. The second-order valence-corrected chi connectivity index (χ2v) is 20.0. The molecular formula is C52H58O8. The normalized spacial score (nSPS) is 12.5. The minimum atomic E-state index is -1.02. The van der Waals surface area contributed by atoms with E-state index in [1.54, 1.807) is 24.3 Å². The third kappa shape index (κ3) is 9.38. The Hall–Kier alpha value is -6.02. The van der Waals surface area contributed by atoms with Crippen molar-refractivity contribution in [1.29, 1.82) is 0 Å². The Morgan fingerprint density at radius 3 is 0.633 bits per heavy atom. The number of carboxylic acid groups (broad SMARTS) is 4. The van der Waals surface area contributed by atoms with Gasteiger partial charge in [-0.25, -0.2) is 19.2 Å². The Bertz CT molecular complexity index is 2150. The van der Waals surface area contributed by atoms with Crippen LogP contribution in [0.2, 0.25) is 0 Å². The fourth-order valence-corrected chi connectivity index (χ4v) is 8.23. The molecule has 0 saturated carbocycles. The molecule has 0 bridgehead atoms. The number of carboxylic acids is 4. The van der Waals surface area contributed by atoms with Gasteiger partial charge in [-0.2, -0.15) is 0 Å². The second kappa shape index (κ2) is 16.2. The van der Waals surface area contributed by atoms with Gasteiger partial charge in [0.1, 0.15) is 0 Å². The van der Waals surface area contributed by atoms with Crippen LogP contribution in [0.25, 0.3) is 0 Å². The maximum absolute atomic E-state index is 12.4. The van der Waals surface area contributed by atoms with Gasteiger partial charge in [0.05, 0.1) is 22.3 Å². The largest absolute Gasteiger partial charge is 0.478 e. The highest BCUT2D eigenvalue weighted by Gasteiger charge is 2.31. The maximum atomic E-state index is 12.4. The highest BCUT2D eigenvalue weighted by atomic mass is 16.4. The van der Waals surface area contributed by atoms with Crippen LogP contribution >= 0.6 is 0 Å². The zero-order chi connectivity index (χ0) is 44.9. The monoisotopic (exact) mass is 810 g/mol. The standard InChI is InChI=1S/C52H58O8/c1-49(2,3)39-25-31(17-21-35(39)45(53)54)43(32-18-22-36(46(55)56)40(26-32)50(4,5)6)29-13-15-30(16-14-29)44(33-19-23-37(47(57)58)41(27-33)51(7,8)9)34-20-24-38(48(59)60)42(28-34)52(10,11)12/h13-28,43-44H,1-12H3,(H,53,54)(H,55,56)(H,57,58)(H,59,60). The maximum Gasteiger partial charge on any atom is 0.335 e. The van der Waals surface area contributed by atoms with Gasteiger partial charge in [0, 0.05) is 11.8 Å². The summed E-state index contributed by atoms with van der Waals surface area (Å²) >= 11 is 0. The molecule has 5 aromatic carbocycles. The summed E-state index contributed by atoms with van der Waals surface area (Å²) in [4.78, 5) is 49.7. The Labute approximate surface area is 354 Å². The van der Waals surface area contributed by atoms with Crippen LogP contribution in [0.3, 0.4) is 0 Å². The molecule has 0 amide bonds. The van der Waals surface area contributed by atoms with Gasteiger partial charge in [0.2, 0.25) is 0 Å². The van der Waals surface area contributed by atoms with Crippen molar-refractivity contribution in [2.75, 3.05) is 0 Å². The Morgan fingerprint density at radius 2 is 0.483 bits per heavy atom. The quantitative estimate of drug-likeness (QED) is 0.102. The highest BCUT2D eigenvalue weighted by Crippen LogP contribution is 2.42. The molecule has 60 heavy (non-hydrogen) atoms. The molecule has 5 aromatic rings. The first-order chi connectivity index (χ1) is 27.6. The van der Waals surface area contributed by atoms with E-state index in [2.05, 4.69) is 0 Å². The molecule has 4 N–H and O–H groups in total.